The van der Waals surface area contributed by atoms with Gasteiger partial charge in [-0.05, 0) is 18.2 Å². The van der Waals surface area contributed by atoms with Crippen LogP contribution in [0, 0.1) is 0 Å². The molecule has 4 rings (SSSR count). The molecule has 86 valence electrons. The van der Waals surface area contributed by atoms with Crippen molar-refractivity contribution in [1.29, 1.82) is 0 Å². The van der Waals surface area contributed by atoms with Gasteiger partial charge in [0.15, 0.2) is 11.6 Å². The first kappa shape index (κ1) is 9.41. The van der Waals surface area contributed by atoms with Crippen molar-refractivity contribution in [3.8, 4) is 11.6 Å². The van der Waals surface area contributed by atoms with Gasteiger partial charge >= 0.3 is 0 Å². The minimum atomic E-state index is 0.731. The maximum atomic E-state index is 5.77. The molecule has 0 radical (unpaired) electrons. The van der Waals surface area contributed by atoms with Crippen LogP contribution in [0.5, 0.6) is 0 Å². The van der Waals surface area contributed by atoms with Crippen LogP contribution < -0.4 is 0 Å². The predicted molar refractivity (Wildman–Crippen MR) is 69.1 cm³/mol. The van der Waals surface area contributed by atoms with Crippen LogP contribution in [0.15, 0.2) is 53.2 Å². The SMILES string of the molecule is c1ccc2oc(-c3nc4ccncc4[nH]3)cc2c1. The molecule has 0 saturated carbocycles. The van der Waals surface area contributed by atoms with E-state index in [1.807, 2.05) is 36.4 Å². The van der Waals surface area contributed by atoms with Gasteiger partial charge in [0.05, 0.1) is 17.2 Å². The number of H-pyrrole nitrogens is 1. The van der Waals surface area contributed by atoms with Crippen molar-refractivity contribution in [1.82, 2.24) is 15.0 Å². The molecule has 0 fully saturated rings. The number of para-hydroxylation sites is 1. The fourth-order valence-electron chi connectivity index (χ4n) is 2.07. The van der Waals surface area contributed by atoms with E-state index in [1.165, 1.54) is 0 Å². The number of hydrogen-bond acceptors (Lipinski definition) is 3. The van der Waals surface area contributed by atoms with Crippen molar-refractivity contribution in [2.45, 2.75) is 0 Å². The third-order valence-corrected chi connectivity index (χ3v) is 2.94. The Hall–Kier alpha value is -2.62. The van der Waals surface area contributed by atoms with Gasteiger partial charge in [-0.15, -0.1) is 0 Å². The second-order valence-corrected chi connectivity index (χ2v) is 4.13. The highest BCUT2D eigenvalue weighted by Gasteiger charge is 2.10. The number of benzene rings is 1. The summed E-state index contributed by atoms with van der Waals surface area (Å²) < 4.78 is 5.77. The van der Waals surface area contributed by atoms with Crippen molar-refractivity contribution in [3.05, 3.63) is 48.8 Å². The van der Waals surface area contributed by atoms with Gasteiger partial charge in [0.2, 0.25) is 0 Å². The van der Waals surface area contributed by atoms with E-state index >= 15 is 0 Å². The Morgan fingerprint density at radius 1 is 1.11 bits per heavy atom. The molecule has 4 nitrogen and oxygen atoms in total. The first-order valence-electron chi connectivity index (χ1n) is 5.69. The Balaban J connectivity index is 1.95. The quantitative estimate of drug-likeness (QED) is 0.550. The topological polar surface area (TPSA) is 54.7 Å². The summed E-state index contributed by atoms with van der Waals surface area (Å²) >= 11 is 0. The highest BCUT2D eigenvalue weighted by atomic mass is 16.3. The number of nitrogens with one attached hydrogen (secondary N) is 1. The molecule has 0 aliphatic rings. The van der Waals surface area contributed by atoms with Gasteiger partial charge in [0.1, 0.15) is 5.58 Å². The van der Waals surface area contributed by atoms with Crippen molar-refractivity contribution in [3.63, 3.8) is 0 Å². The van der Waals surface area contributed by atoms with Gasteiger partial charge in [-0.25, -0.2) is 4.98 Å². The minimum absolute atomic E-state index is 0.731. The molecule has 0 bridgehead atoms. The summed E-state index contributed by atoms with van der Waals surface area (Å²) in [5.41, 5.74) is 2.67. The molecule has 0 atom stereocenters. The monoisotopic (exact) mass is 235 g/mol. The van der Waals surface area contributed by atoms with E-state index < -0.39 is 0 Å². The van der Waals surface area contributed by atoms with E-state index in [2.05, 4.69) is 15.0 Å². The molecule has 0 spiro atoms. The number of aromatic nitrogens is 3. The van der Waals surface area contributed by atoms with Crippen LogP contribution in [0.3, 0.4) is 0 Å². The van der Waals surface area contributed by atoms with E-state index in [-0.39, 0.29) is 0 Å². The molecule has 18 heavy (non-hydrogen) atoms. The molecule has 4 aromatic rings. The van der Waals surface area contributed by atoms with Crippen LogP contribution in [-0.4, -0.2) is 15.0 Å². The standard InChI is InChI=1S/C14H9N3O/c1-2-4-12-9(3-1)7-13(18-12)14-16-10-5-6-15-8-11(10)17-14/h1-8H,(H,16,17). The van der Waals surface area contributed by atoms with Gasteiger partial charge in [-0.3, -0.25) is 4.98 Å². The highest BCUT2D eigenvalue weighted by Crippen LogP contribution is 2.26. The second-order valence-electron chi connectivity index (χ2n) is 4.13. The molecule has 0 unspecified atom stereocenters. The number of pyridine rings is 1. The summed E-state index contributed by atoms with van der Waals surface area (Å²) in [6, 6.07) is 11.8. The average Bonchev–Trinajstić information content (AvgIpc) is 3.02. The molecular formula is C14H9N3O. The van der Waals surface area contributed by atoms with Gasteiger partial charge in [0, 0.05) is 11.6 Å². The largest absolute Gasteiger partial charge is 0.453 e. The minimum Gasteiger partial charge on any atom is -0.453 e. The molecule has 1 N–H and O–H groups in total. The lowest BCUT2D eigenvalue weighted by atomic mass is 10.2. The number of fused-ring (bicyclic) bond motifs is 2. The molecule has 4 heteroatoms. The summed E-state index contributed by atoms with van der Waals surface area (Å²) in [4.78, 5) is 11.8. The van der Waals surface area contributed by atoms with Crippen LogP contribution in [-0.2, 0) is 0 Å². The van der Waals surface area contributed by atoms with Crippen LogP contribution in [0.25, 0.3) is 33.6 Å². The lowest BCUT2D eigenvalue weighted by Gasteiger charge is -1.87. The lowest BCUT2D eigenvalue weighted by Crippen LogP contribution is -1.74. The van der Waals surface area contributed by atoms with Crippen molar-refractivity contribution >= 4 is 22.0 Å². The second kappa shape index (κ2) is 3.43. The third kappa shape index (κ3) is 1.32. The van der Waals surface area contributed by atoms with Gasteiger partial charge in [0.25, 0.3) is 0 Å². The molecule has 3 heterocycles. The fraction of sp³-hybridized carbons (Fsp3) is 0. The normalized spacial score (nSPS) is 11.3. The Bertz CT molecular complexity index is 706. The number of rotatable bonds is 1. The first-order valence-corrected chi connectivity index (χ1v) is 5.69. The Labute approximate surface area is 102 Å². The van der Waals surface area contributed by atoms with Gasteiger partial charge in [-0.2, -0.15) is 0 Å². The van der Waals surface area contributed by atoms with Crippen LogP contribution in [0.2, 0.25) is 0 Å². The third-order valence-electron chi connectivity index (χ3n) is 2.94. The summed E-state index contributed by atoms with van der Waals surface area (Å²) in [5, 5.41) is 1.08. The van der Waals surface area contributed by atoms with Crippen molar-refractivity contribution in [2.75, 3.05) is 0 Å². The zero-order valence-electron chi connectivity index (χ0n) is 9.42. The van der Waals surface area contributed by atoms with Crippen molar-refractivity contribution < 1.29 is 4.42 Å². The van der Waals surface area contributed by atoms with E-state index in [4.69, 9.17) is 4.42 Å². The van der Waals surface area contributed by atoms with Crippen LogP contribution in [0.1, 0.15) is 0 Å². The number of hydrogen-bond donors (Lipinski definition) is 1. The first-order chi connectivity index (χ1) is 8.90. The fourth-order valence-corrected chi connectivity index (χ4v) is 2.07. The summed E-state index contributed by atoms with van der Waals surface area (Å²) in [7, 11) is 0. The number of furan rings is 1. The van der Waals surface area contributed by atoms with E-state index in [0.717, 1.165) is 33.6 Å². The zero-order valence-corrected chi connectivity index (χ0v) is 9.42. The van der Waals surface area contributed by atoms with Crippen molar-refractivity contribution in [2.24, 2.45) is 0 Å². The van der Waals surface area contributed by atoms with Gasteiger partial charge < -0.3 is 9.40 Å². The number of imidazole rings is 1. The molecule has 0 aliphatic carbocycles. The Kier molecular flexibility index (Phi) is 1.80. The highest BCUT2D eigenvalue weighted by molar-refractivity contribution is 5.83. The molecule has 0 saturated heterocycles. The van der Waals surface area contributed by atoms with E-state index in [1.54, 1.807) is 12.4 Å². The molecule has 3 aromatic heterocycles. The molecule has 0 aliphatic heterocycles. The molecule has 1 aromatic carbocycles. The Morgan fingerprint density at radius 2 is 2.06 bits per heavy atom. The average molecular weight is 235 g/mol. The maximum Gasteiger partial charge on any atom is 0.174 e. The van der Waals surface area contributed by atoms with Gasteiger partial charge in [-0.1, -0.05) is 18.2 Å². The van der Waals surface area contributed by atoms with E-state index in [0.29, 0.717) is 0 Å². The summed E-state index contributed by atoms with van der Waals surface area (Å²) in [6.07, 6.45) is 3.49. The summed E-state index contributed by atoms with van der Waals surface area (Å²) in [6.45, 7) is 0. The summed E-state index contributed by atoms with van der Waals surface area (Å²) in [5.74, 6) is 1.47. The zero-order chi connectivity index (χ0) is 11.9. The molecular weight excluding hydrogens is 226 g/mol. The Morgan fingerprint density at radius 3 is 2.94 bits per heavy atom. The number of nitrogens with zero attached hydrogens (tertiary/aromatic N) is 2. The molecule has 0 amide bonds. The van der Waals surface area contributed by atoms with Crippen LogP contribution in [0.4, 0.5) is 0 Å². The smallest absolute Gasteiger partial charge is 0.174 e. The number of aromatic amines is 1. The maximum absolute atomic E-state index is 5.77. The van der Waals surface area contributed by atoms with Crippen LogP contribution >= 0.6 is 0 Å². The predicted octanol–water partition coefficient (Wildman–Crippen LogP) is 3.37. The lowest BCUT2D eigenvalue weighted by molar-refractivity contribution is 0.627. The van der Waals surface area contributed by atoms with E-state index in [9.17, 15) is 0 Å².